The van der Waals surface area contributed by atoms with Crippen molar-refractivity contribution in [2.24, 2.45) is 0 Å². The molecule has 0 heterocycles. The minimum absolute atomic E-state index is 0.0636. The summed E-state index contributed by atoms with van der Waals surface area (Å²) in [7, 11) is -3.54. The lowest BCUT2D eigenvalue weighted by Gasteiger charge is -2.26. The lowest BCUT2D eigenvalue weighted by Crippen LogP contribution is -2.38. The standard InChI is InChI=1S/C13H20ClNO3S/c1-4-10(3)15(5-2)19(17,18)12-7-6-11(9-16)13(14)8-12/h6-8,10,16H,4-5,9H2,1-3H3. The van der Waals surface area contributed by atoms with Gasteiger partial charge in [-0.25, -0.2) is 8.42 Å². The van der Waals surface area contributed by atoms with Crippen LogP contribution in [-0.4, -0.2) is 30.4 Å². The summed E-state index contributed by atoms with van der Waals surface area (Å²) < 4.78 is 26.5. The number of hydrogen-bond acceptors (Lipinski definition) is 3. The van der Waals surface area contributed by atoms with Gasteiger partial charge >= 0.3 is 0 Å². The molecule has 1 unspecified atom stereocenters. The molecule has 0 aromatic heterocycles. The van der Waals surface area contributed by atoms with Gasteiger partial charge in [-0.3, -0.25) is 0 Å². The fourth-order valence-electron chi connectivity index (χ4n) is 1.87. The van der Waals surface area contributed by atoms with Crippen LogP contribution < -0.4 is 0 Å². The van der Waals surface area contributed by atoms with Gasteiger partial charge in [0.05, 0.1) is 11.5 Å². The highest BCUT2D eigenvalue weighted by Gasteiger charge is 2.27. The first kappa shape index (κ1) is 16.4. The minimum atomic E-state index is -3.54. The van der Waals surface area contributed by atoms with Gasteiger partial charge in [0.1, 0.15) is 0 Å². The van der Waals surface area contributed by atoms with Crippen molar-refractivity contribution in [1.82, 2.24) is 4.31 Å². The number of nitrogens with zero attached hydrogens (tertiary/aromatic N) is 1. The van der Waals surface area contributed by atoms with Crippen LogP contribution in [0.3, 0.4) is 0 Å². The first-order chi connectivity index (χ1) is 8.88. The quantitative estimate of drug-likeness (QED) is 0.879. The fraction of sp³-hybridized carbons (Fsp3) is 0.538. The second-order valence-electron chi connectivity index (χ2n) is 4.38. The molecule has 0 saturated heterocycles. The number of aliphatic hydroxyl groups excluding tert-OH is 1. The molecule has 1 N–H and O–H groups in total. The zero-order valence-corrected chi connectivity index (χ0v) is 13.0. The van der Waals surface area contributed by atoms with E-state index in [2.05, 4.69) is 0 Å². The van der Waals surface area contributed by atoms with Crippen LogP contribution in [0.4, 0.5) is 0 Å². The normalized spacial score (nSPS) is 13.8. The van der Waals surface area contributed by atoms with E-state index in [4.69, 9.17) is 16.7 Å². The summed E-state index contributed by atoms with van der Waals surface area (Å²) in [4.78, 5) is 0.164. The van der Waals surface area contributed by atoms with Crippen molar-refractivity contribution in [1.29, 1.82) is 0 Å². The molecule has 0 aliphatic heterocycles. The van der Waals surface area contributed by atoms with E-state index in [1.807, 2.05) is 20.8 Å². The van der Waals surface area contributed by atoms with Crippen LogP contribution in [0.25, 0.3) is 0 Å². The van der Waals surface area contributed by atoms with E-state index in [9.17, 15) is 8.42 Å². The number of hydrogen-bond donors (Lipinski definition) is 1. The average Bonchev–Trinajstić information content (AvgIpc) is 2.38. The molecule has 0 saturated carbocycles. The van der Waals surface area contributed by atoms with Crippen molar-refractivity contribution in [3.05, 3.63) is 28.8 Å². The molecule has 1 aromatic carbocycles. The van der Waals surface area contributed by atoms with E-state index in [0.717, 1.165) is 6.42 Å². The first-order valence-corrected chi connectivity index (χ1v) is 8.11. The van der Waals surface area contributed by atoms with Gasteiger partial charge in [0, 0.05) is 17.6 Å². The van der Waals surface area contributed by atoms with E-state index < -0.39 is 10.0 Å². The second-order valence-corrected chi connectivity index (χ2v) is 6.67. The van der Waals surface area contributed by atoms with Crippen LogP contribution in [0.2, 0.25) is 5.02 Å². The molecule has 108 valence electrons. The molecule has 1 rings (SSSR count). The van der Waals surface area contributed by atoms with Crippen LogP contribution in [0, 0.1) is 0 Å². The van der Waals surface area contributed by atoms with Gasteiger partial charge in [-0.15, -0.1) is 0 Å². The molecule has 6 heteroatoms. The van der Waals surface area contributed by atoms with E-state index in [-0.39, 0.29) is 22.6 Å². The fourth-order valence-corrected chi connectivity index (χ4v) is 3.92. The summed E-state index contributed by atoms with van der Waals surface area (Å²) >= 11 is 5.95. The van der Waals surface area contributed by atoms with Crippen molar-refractivity contribution < 1.29 is 13.5 Å². The molecule has 0 spiro atoms. The highest BCUT2D eigenvalue weighted by molar-refractivity contribution is 7.89. The Kier molecular flexibility index (Phi) is 5.80. The maximum absolute atomic E-state index is 12.5. The van der Waals surface area contributed by atoms with Crippen LogP contribution in [-0.2, 0) is 16.6 Å². The van der Waals surface area contributed by atoms with Gasteiger partial charge in [-0.1, -0.05) is 31.5 Å². The Hall–Kier alpha value is -0.620. The molecule has 0 aliphatic rings. The van der Waals surface area contributed by atoms with Crippen LogP contribution >= 0.6 is 11.6 Å². The third-order valence-corrected chi connectivity index (χ3v) is 5.63. The topological polar surface area (TPSA) is 57.6 Å². The highest BCUT2D eigenvalue weighted by Crippen LogP contribution is 2.24. The van der Waals surface area contributed by atoms with Gasteiger partial charge < -0.3 is 5.11 Å². The maximum Gasteiger partial charge on any atom is 0.243 e. The van der Waals surface area contributed by atoms with Gasteiger partial charge in [0.25, 0.3) is 0 Å². The van der Waals surface area contributed by atoms with E-state index in [0.29, 0.717) is 12.1 Å². The summed E-state index contributed by atoms with van der Waals surface area (Å²) in [6, 6.07) is 4.36. The van der Waals surface area contributed by atoms with Crippen molar-refractivity contribution in [2.45, 2.75) is 44.7 Å². The molecule has 19 heavy (non-hydrogen) atoms. The van der Waals surface area contributed by atoms with Gasteiger partial charge in [-0.05, 0) is 31.0 Å². The number of rotatable bonds is 6. The Morgan fingerprint density at radius 1 is 1.37 bits per heavy atom. The molecular weight excluding hydrogens is 286 g/mol. The van der Waals surface area contributed by atoms with Crippen molar-refractivity contribution in [3.63, 3.8) is 0 Å². The lowest BCUT2D eigenvalue weighted by atomic mass is 10.2. The van der Waals surface area contributed by atoms with Gasteiger partial charge in [0.2, 0.25) is 10.0 Å². The van der Waals surface area contributed by atoms with Crippen molar-refractivity contribution in [3.8, 4) is 0 Å². The number of sulfonamides is 1. The summed E-state index contributed by atoms with van der Waals surface area (Å²) in [5.74, 6) is 0. The average molecular weight is 306 g/mol. The Morgan fingerprint density at radius 3 is 2.42 bits per heavy atom. The molecule has 1 atom stereocenters. The van der Waals surface area contributed by atoms with E-state index >= 15 is 0 Å². The van der Waals surface area contributed by atoms with Crippen LogP contribution in [0.15, 0.2) is 23.1 Å². The molecule has 0 amide bonds. The summed E-state index contributed by atoms with van der Waals surface area (Å²) in [6.45, 7) is 5.85. The molecule has 0 aliphatic carbocycles. The summed E-state index contributed by atoms with van der Waals surface area (Å²) in [6.07, 6.45) is 0.746. The smallest absolute Gasteiger partial charge is 0.243 e. The Morgan fingerprint density at radius 2 is 2.00 bits per heavy atom. The maximum atomic E-state index is 12.5. The Bertz CT molecular complexity index is 531. The largest absolute Gasteiger partial charge is 0.392 e. The van der Waals surface area contributed by atoms with Crippen LogP contribution in [0.1, 0.15) is 32.8 Å². The number of benzene rings is 1. The molecule has 1 aromatic rings. The second kappa shape index (κ2) is 6.70. The zero-order chi connectivity index (χ0) is 14.6. The SMILES string of the molecule is CCC(C)N(CC)S(=O)(=O)c1ccc(CO)c(Cl)c1. The van der Waals surface area contributed by atoms with Crippen LogP contribution in [0.5, 0.6) is 0 Å². The number of aliphatic hydroxyl groups is 1. The molecule has 0 fully saturated rings. The molecule has 0 bridgehead atoms. The van der Waals surface area contributed by atoms with Gasteiger partial charge in [0.15, 0.2) is 0 Å². The predicted molar refractivity (Wildman–Crippen MR) is 76.7 cm³/mol. The zero-order valence-electron chi connectivity index (χ0n) is 11.4. The predicted octanol–water partition coefficient (Wildman–Crippen LogP) is 2.64. The summed E-state index contributed by atoms with van der Waals surface area (Å²) in [5, 5.41) is 9.32. The molecule has 0 radical (unpaired) electrons. The third kappa shape index (κ3) is 3.48. The van der Waals surface area contributed by atoms with Crippen molar-refractivity contribution in [2.75, 3.05) is 6.54 Å². The monoisotopic (exact) mass is 305 g/mol. The van der Waals surface area contributed by atoms with Crippen molar-refractivity contribution >= 4 is 21.6 Å². The Balaban J connectivity index is 3.22. The number of halogens is 1. The minimum Gasteiger partial charge on any atom is -0.392 e. The lowest BCUT2D eigenvalue weighted by molar-refractivity contribution is 0.282. The Labute approximate surface area is 120 Å². The molecular formula is C13H20ClNO3S. The first-order valence-electron chi connectivity index (χ1n) is 6.29. The third-order valence-electron chi connectivity index (χ3n) is 3.20. The van der Waals surface area contributed by atoms with Gasteiger partial charge in [-0.2, -0.15) is 4.31 Å². The van der Waals surface area contributed by atoms with E-state index in [1.54, 1.807) is 6.07 Å². The summed E-state index contributed by atoms with van der Waals surface area (Å²) in [5.41, 5.74) is 0.521. The molecule has 4 nitrogen and oxygen atoms in total. The highest BCUT2D eigenvalue weighted by atomic mass is 35.5. The van der Waals surface area contributed by atoms with E-state index in [1.165, 1.54) is 16.4 Å².